The van der Waals surface area contributed by atoms with Crippen LogP contribution in [0.25, 0.3) is 0 Å². The number of thiophene rings is 1. The van der Waals surface area contributed by atoms with E-state index in [0.717, 1.165) is 27.7 Å². The lowest BCUT2D eigenvalue weighted by Gasteiger charge is -2.02. The summed E-state index contributed by atoms with van der Waals surface area (Å²) in [4.78, 5) is 5.31. The van der Waals surface area contributed by atoms with Crippen LogP contribution in [0.2, 0.25) is 0 Å². The van der Waals surface area contributed by atoms with E-state index in [1.54, 1.807) is 6.07 Å². The van der Waals surface area contributed by atoms with Crippen molar-refractivity contribution in [1.29, 1.82) is 0 Å². The SMILES string of the molecule is CCNCc1sc(S(=O)(=O)NCc2csc(C)n2)cc1C. The third-order valence-corrected chi connectivity index (χ3v) is 6.84. The molecule has 0 aliphatic rings. The number of aromatic nitrogens is 1. The van der Waals surface area contributed by atoms with Gasteiger partial charge in [-0.25, -0.2) is 18.1 Å². The molecule has 2 heterocycles. The van der Waals surface area contributed by atoms with E-state index in [1.807, 2.05) is 26.2 Å². The second kappa shape index (κ2) is 6.97. The number of nitrogens with one attached hydrogen (secondary N) is 2. The van der Waals surface area contributed by atoms with Gasteiger partial charge in [-0.15, -0.1) is 22.7 Å². The van der Waals surface area contributed by atoms with Crippen LogP contribution < -0.4 is 10.0 Å². The van der Waals surface area contributed by atoms with Gasteiger partial charge in [-0.1, -0.05) is 6.92 Å². The van der Waals surface area contributed by atoms with Gasteiger partial charge in [0, 0.05) is 16.8 Å². The second-order valence-corrected chi connectivity index (χ2v) is 8.83. The Labute approximate surface area is 133 Å². The molecule has 2 rings (SSSR count). The van der Waals surface area contributed by atoms with Crippen LogP contribution in [0.4, 0.5) is 0 Å². The van der Waals surface area contributed by atoms with Crippen LogP contribution >= 0.6 is 22.7 Å². The zero-order chi connectivity index (χ0) is 15.5. The summed E-state index contributed by atoms with van der Waals surface area (Å²) >= 11 is 2.83. The van der Waals surface area contributed by atoms with Gasteiger partial charge in [0.2, 0.25) is 10.0 Å². The number of thiazole rings is 1. The minimum absolute atomic E-state index is 0.228. The van der Waals surface area contributed by atoms with Crippen molar-refractivity contribution in [3.63, 3.8) is 0 Å². The van der Waals surface area contributed by atoms with Crippen LogP contribution in [0.5, 0.6) is 0 Å². The summed E-state index contributed by atoms with van der Waals surface area (Å²) in [7, 11) is -3.47. The van der Waals surface area contributed by atoms with E-state index in [0.29, 0.717) is 10.8 Å². The average Bonchev–Trinajstić information content (AvgIpc) is 3.01. The molecule has 2 N–H and O–H groups in total. The van der Waals surface area contributed by atoms with Crippen LogP contribution in [-0.4, -0.2) is 19.9 Å². The van der Waals surface area contributed by atoms with Crippen LogP contribution in [0.3, 0.4) is 0 Å². The molecule has 0 aromatic carbocycles. The van der Waals surface area contributed by atoms with Gasteiger partial charge in [-0.2, -0.15) is 0 Å². The minimum Gasteiger partial charge on any atom is -0.312 e. The molecule has 8 heteroatoms. The molecule has 21 heavy (non-hydrogen) atoms. The summed E-state index contributed by atoms with van der Waals surface area (Å²) in [6, 6.07) is 1.73. The van der Waals surface area contributed by atoms with Crippen molar-refractivity contribution in [3.8, 4) is 0 Å². The summed E-state index contributed by atoms with van der Waals surface area (Å²) in [5.41, 5.74) is 1.76. The molecule has 0 amide bonds. The van der Waals surface area contributed by atoms with Crippen molar-refractivity contribution in [1.82, 2.24) is 15.0 Å². The number of rotatable bonds is 7. The van der Waals surface area contributed by atoms with Gasteiger partial charge < -0.3 is 5.32 Å². The zero-order valence-electron chi connectivity index (χ0n) is 12.3. The highest BCUT2D eigenvalue weighted by molar-refractivity contribution is 7.91. The fourth-order valence-electron chi connectivity index (χ4n) is 1.76. The molecular formula is C13H19N3O2S3. The van der Waals surface area contributed by atoms with Crippen molar-refractivity contribution < 1.29 is 8.42 Å². The van der Waals surface area contributed by atoms with E-state index in [-0.39, 0.29) is 6.54 Å². The molecule has 0 bridgehead atoms. The van der Waals surface area contributed by atoms with Crippen LogP contribution in [-0.2, 0) is 23.1 Å². The number of hydrogen-bond acceptors (Lipinski definition) is 6. The molecule has 0 saturated heterocycles. The summed E-state index contributed by atoms with van der Waals surface area (Å²) in [6.07, 6.45) is 0. The molecule has 0 radical (unpaired) electrons. The molecule has 116 valence electrons. The molecular weight excluding hydrogens is 326 g/mol. The lowest BCUT2D eigenvalue weighted by Crippen LogP contribution is -2.22. The first-order valence-corrected chi connectivity index (χ1v) is 9.81. The maximum atomic E-state index is 12.3. The van der Waals surface area contributed by atoms with E-state index in [1.165, 1.54) is 22.7 Å². The molecule has 0 atom stereocenters. The van der Waals surface area contributed by atoms with Gasteiger partial charge in [-0.3, -0.25) is 0 Å². The standard InChI is InChI=1S/C13H19N3O2S3/c1-4-14-7-12-9(2)5-13(20-12)21(17,18)15-6-11-8-19-10(3)16-11/h5,8,14-15H,4,6-7H2,1-3H3. The molecule has 2 aromatic rings. The van der Waals surface area contributed by atoms with Gasteiger partial charge in [0.05, 0.1) is 17.2 Å². The van der Waals surface area contributed by atoms with E-state index < -0.39 is 10.0 Å². The maximum absolute atomic E-state index is 12.3. The summed E-state index contributed by atoms with van der Waals surface area (Å²) in [5.74, 6) is 0. The number of aryl methyl sites for hydroxylation is 2. The predicted molar refractivity (Wildman–Crippen MR) is 87.3 cm³/mol. The quantitative estimate of drug-likeness (QED) is 0.808. The zero-order valence-corrected chi connectivity index (χ0v) is 14.7. The van der Waals surface area contributed by atoms with Crippen molar-refractivity contribution in [2.45, 2.75) is 38.1 Å². The monoisotopic (exact) mass is 345 g/mol. The van der Waals surface area contributed by atoms with Gasteiger partial charge >= 0.3 is 0 Å². The maximum Gasteiger partial charge on any atom is 0.250 e. The molecule has 0 fully saturated rings. The Bertz CT molecular complexity index is 704. The van der Waals surface area contributed by atoms with E-state index in [2.05, 4.69) is 15.0 Å². The lowest BCUT2D eigenvalue weighted by molar-refractivity contribution is 0.582. The minimum atomic E-state index is -3.47. The first-order chi connectivity index (χ1) is 9.92. The lowest BCUT2D eigenvalue weighted by atomic mass is 10.3. The first kappa shape index (κ1) is 16.6. The van der Waals surface area contributed by atoms with Gasteiger partial charge in [0.15, 0.2) is 0 Å². The van der Waals surface area contributed by atoms with Gasteiger partial charge in [0.25, 0.3) is 0 Å². The first-order valence-electron chi connectivity index (χ1n) is 6.63. The molecule has 5 nitrogen and oxygen atoms in total. The van der Waals surface area contributed by atoms with Crippen molar-refractivity contribution in [3.05, 3.63) is 32.6 Å². The molecule has 0 saturated carbocycles. The smallest absolute Gasteiger partial charge is 0.250 e. The van der Waals surface area contributed by atoms with Crippen LogP contribution in [0.1, 0.15) is 28.1 Å². The number of sulfonamides is 1. The van der Waals surface area contributed by atoms with Crippen molar-refractivity contribution in [2.24, 2.45) is 0 Å². The third kappa shape index (κ3) is 4.33. The largest absolute Gasteiger partial charge is 0.312 e. The summed E-state index contributed by atoms with van der Waals surface area (Å²) in [5, 5.41) is 6.02. The van der Waals surface area contributed by atoms with E-state index in [4.69, 9.17) is 0 Å². The van der Waals surface area contributed by atoms with E-state index >= 15 is 0 Å². The Hall–Kier alpha value is -0.800. The number of hydrogen-bond donors (Lipinski definition) is 2. The molecule has 0 aliphatic carbocycles. The second-order valence-electron chi connectivity index (χ2n) is 4.63. The molecule has 0 aliphatic heterocycles. The Morgan fingerprint density at radius 3 is 2.67 bits per heavy atom. The fourth-order valence-corrected chi connectivity index (χ4v) is 4.98. The van der Waals surface area contributed by atoms with Gasteiger partial charge in [-0.05, 0) is 32.0 Å². The Kier molecular flexibility index (Phi) is 5.50. The summed E-state index contributed by atoms with van der Waals surface area (Å²) in [6.45, 7) is 7.66. The highest BCUT2D eigenvalue weighted by Crippen LogP contribution is 2.26. The van der Waals surface area contributed by atoms with Crippen LogP contribution in [0.15, 0.2) is 15.7 Å². The third-order valence-electron chi connectivity index (χ3n) is 2.91. The normalized spacial score (nSPS) is 12.0. The molecule has 0 unspecified atom stereocenters. The van der Waals surface area contributed by atoms with Crippen molar-refractivity contribution >= 4 is 32.7 Å². The average molecular weight is 346 g/mol. The van der Waals surface area contributed by atoms with E-state index in [9.17, 15) is 8.42 Å². The highest BCUT2D eigenvalue weighted by Gasteiger charge is 2.19. The fraction of sp³-hybridized carbons (Fsp3) is 0.462. The Morgan fingerprint density at radius 1 is 1.29 bits per heavy atom. The van der Waals surface area contributed by atoms with Gasteiger partial charge in [0.1, 0.15) is 4.21 Å². The number of nitrogens with zero attached hydrogens (tertiary/aromatic N) is 1. The molecule has 0 spiro atoms. The van der Waals surface area contributed by atoms with Crippen molar-refractivity contribution in [2.75, 3.05) is 6.54 Å². The Balaban J connectivity index is 2.08. The topological polar surface area (TPSA) is 71.1 Å². The predicted octanol–water partition coefficient (Wildman–Crippen LogP) is 2.41. The summed E-state index contributed by atoms with van der Waals surface area (Å²) < 4.78 is 27.6. The Morgan fingerprint density at radius 2 is 2.05 bits per heavy atom. The van der Waals surface area contributed by atoms with Crippen LogP contribution in [0, 0.1) is 13.8 Å². The highest BCUT2D eigenvalue weighted by atomic mass is 32.2. The molecule has 2 aromatic heterocycles.